The van der Waals surface area contributed by atoms with Crippen LogP contribution in [0, 0.1) is 19.3 Å². The summed E-state index contributed by atoms with van der Waals surface area (Å²) in [5.41, 5.74) is 1.08. The van der Waals surface area contributed by atoms with E-state index in [9.17, 15) is 0 Å². The van der Waals surface area contributed by atoms with Crippen molar-refractivity contribution in [2.75, 3.05) is 13.1 Å². The second-order valence-electron chi connectivity index (χ2n) is 3.67. The van der Waals surface area contributed by atoms with Gasteiger partial charge in [-0.15, -0.1) is 6.42 Å². The van der Waals surface area contributed by atoms with Gasteiger partial charge in [-0.2, -0.15) is 0 Å². The van der Waals surface area contributed by atoms with Crippen molar-refractivity contribution in [2.45, 2.75) is 20.0 Å². The van der Waals surface area contributed by atoms with Gasteiger partial charge < -0.3 is 10.1 Å². The van der Waals surface area contributed by atoms with E-state index in [2.05, 4.69) is 11.2 Å². The molecule has 1 aromatic carbocycles. The highest BCUT2D eigenvalue weighted by atomic mass is 35.5. The van der Waals surface area contributed by atoms with Gasteiger partial charge >= 0.3 is 0 Å². The van der Waals surface area contributed by atoms with Gasteiger partial charge in [-0.1, -0.05) is 23.6 Å². The number of ether oxygens (including phenoxy) is 1. The zero-order chi connectivity index (χ0) is 12.0. The third-order valence-electron chi connectivity index (χ3n) is 2.14. The van der Waals surface area contributed by atoms with E-state index in [1.807, 2.05) is 32.0 Å². The summed E-state index contributed by atoms with van der Waals surface area (Å²) in [6.07, 6.45) is 5.20. The lowest BCUT2D eigenvalue weighted by Gasteiger charge is -2.16. The molecule has 3 heteroatoms. The molecule has 1 atom stereocenters. The van der Waals surface area contributed by atoms with Crippen LogP contribution in [0.2, 0.25) is 5.02 Å². The number of hydrogen-bond acceptors (Lipinski definition) is 2. The Morgan fingerprint density at radius 3 is 3.00 bits per heavy atom. The number of hydrogen-bond donors (Lipinski definition) is 1. The van der Waals surface area contributed by atoms with Gasteiger partial charge in [0.1, 0.15) is 11.9 Å². The Morgan fingerprint density at radius 1 is 1.56 bits per heavy atom. The van der Waals surface area contributed by atoms with Gasteiger partial charge in [0, 0.05) is 11.6 Å². The summed E-state index contributed by atoms with van der Waals surface area (Å²) >= 11 is 5.90. The fraction of sp³-hybridized carbons (Fsp3) is 0.385. The van der Waals surface area contributed by atoms with Crippen LogP contribution < -0.4 is 10.1 Å². The fourth-order valence-electron chi connectivity index (χ4n) is 1.31. The summed E-state index contributed by atoms with van der Waals surface area (Å²) in [6.45, 7) is 5.26. The van der Waals surface area contributed by atoms with E-state index in [-0.39, 0.29) is 6.10 Å². The van der Waals surface area contributed by atoms with Crippen LogP contribution in [0.1, 0.15) is 12.5 Å². The van der Waals surface area contributed by atoms with Crippen LogP contribution in [0.4, 0.5) is 0 Å². The molecule has 0 amide bonds. The van der Waals surface area contributed by atoms with Gasteiger partial charge in [0.25, 0.3) is 0 Å². The van der Waals surface area contributed by atoms with Gasteiger partial charge in [-0.3, -0.25) is 0 Å². The van der Waals surface area contributed by atoms with E-state index < -0.39 is 0 Å². The molecule has 86 valence electrons. The number of rotatable bonds is 5. The number of terminal acetylenes is 1. The van der Waals surface area contributed by atoms with Crippen LogP contribution in [-0.4, -0.2) is 19.2 Å². The molecule has 2 nitrogen and oxygen atoms in total. The first-order chi connectivity index (χ1) is 7.63. The second kappa shape index (κ2) is 6.42. The average Bonchev–Trinajstić information content (AvgIpc) is 2.24. The zero-order valence-corrected chi connectivity index (χ0v) is 10.3. The summed E-state index contributed by atoms with van der Waals surface area (Å²) in [4.78, 5) is 0. The molecule has 16 heavy (non-hydrogen) atoms. The Kier molecular flexibility index (Phi) is 5.18. The third kappa shape index (κ3) is 4.14. The van der Waals surface area contributed by atoms with Gasteiger partial charge in [0.15, 0.2) is 0 Å². The number of halogens is 1. The molecule has 0 aromatic heterocycles. The monoisotopic (exact) mass is 237 g/mol. The van der Waals surface area contributed by atoms with Crippen molar-refractivity contribution in [1.82, 2.24) is 5.32 Å². The van der Waals surface area contributed by atoms with E-state index in [0.717, 1.165) is 17.9 Å². The first-order valence-electron chi connectivity index (χ1n) is 5.20. The molecule has 0 aliphatic carbocycles. The smallest absolute Gasteiger partial charge is 0.124 e. The first kappa shape index (κ1) is 12.9. The van der Waals surface area contributed by atoms with Crippen molar-refractivity contribution >= 4 is 11.6 Å². The van der Waals surface area contributed by atoms with Crippen molar-refractivity contribution in [3.05, 3.63) is 28.8 Å². The minimum atomic E-state index is 0.0607. The van der Waals surface area contributed by atoms with Crippen LogP contribution >= 0.6 is 11.6 Å². The van der Waals surface area contributed by atoms with Crippen LogP contribution in [0.3, 0.4) is 0 Å². The molecule has 0 heterocycles. The average molecular weight is 238 g/mol. The Balaban J connectivity index is 2.52. The van der Waals surface area contributed by atoms with Gasteiger partial charge in [0.2, 0.25) is 0 Å². The van der Waals surface area contributed by atoms with Crippen molar-refractivity contribution in [3.8, 4) is 18.1 Å². The zero-order valence-electron chi connectivity index (χ0n) is 9.59. The second-order valence-corrected chi connectivity index (χ2v) is 4.11. The summed E-state index contributed by atoms with van der Waals surface area (Å²) in [5.74, 6) is 3.34. The van der Waals surface area contributed by atoms with Crippen LogP contribution in [0.25, 0.3) is 0 Å². The Labute approximate surface area is 102 Å². The highest BCUT2D eigenvalue weighted by Gasteiger charge is 2.06. The van der Waals surface area contributed by atoms with E-state index >= 15 is 0 Å². The Hall–Kier alpha value is -1.17. The van der Waals surface area contributed by atoms with Crippen LogP contribution in [-0.2, 0) is 0 Å². The molecule has 0 saturated carbocycles. The summed E-state index contributed by atoms with van der Waals surface area (Å²) in [7, 11) is 0. The van der Waals surface area contributed by atoms with Gasteiger partial charge in [0.05, 0.1) is 6.54 Å². The molecule has 0 spiro atoms. The number of aryl methyl sites for hydroxylation is 1. The lowest BCUT2D eigenvalue weighted by atomic mass is 10.2. The van der Waals surface area contributed by atoms with Crippen molar-refractivity contribution in [2.24, 2.45) is 0 Å². The molecule has 1 rings (SSSR count). The lowest BCUT2D eigenvalue weighted by molar-refractivity contribution is 0.218. The normalized spacial score (nSPS) is 11.9. The highest BCUT2D eigenvalue weighted by Crippen LogP contribution is 2.23. The maximum atomic E-state index is 5.90. The van der Waals surface area contributed by atoms with Crippen molar-refractivity contribution in [1.29, 1.82) is 0 Å². The number of nitrogens with one attached hydrogen (secondary N) is 1. The summed E-state index contributed by atoms with van der Waals surface area (Å²) in [5, 5.41) is 3.78. The van der Waals surface area contributed by atoms with Crippen LogP contribution in [0.5, 0.6) is 5.75 Å². The quantitative estimate of drug-likeness (QED) is 0.628. The molecule has 0 saturated heterocycles. The topological polar surface area (TPSA) is 21.3 Å². The lowest BCUT2D eigenvalue weighted by Crippen LogP contribution is -2.29. The molecule has 1 unspecified atom stereocenters. The fourth-order valence-corrected chi connectivity index (χ4v) is 1.47. The van der Waals surface area contributed by atoms with Crippen molar-refractivity contribution in [3.63, 3.8) is 0 Å². The van der Waals surface area contributed by atoms with E-state index in [1.54, 1.807) is 0 Å². The van der Waals surface area contributed by atoms with Gasteiger partial charge in [-0.05, 0) is 31.5 Å². The highest BCUT2D eigenvalue weighted by molar-refractivity contribution is 6.30. The summed E-state index contributed by atoms with van der Waals surface area (Å²) < 4.78 is 5.76. The number of benzene rings is 1. The maximum absolute atomic E-state index is 5.90. The molecule has 0 aliphatic rings. The van der Waals surface area contributed by atoms with Gasteiger partial charge in [-0.25, -0.2) is 0 Å². The molecular formula is C13H16ClNO. The van der Waals surface area contributed by atoms with E-state index in [0.29, 0.717) is 11.6 Å². The molecule has 1 aromatic rings. The first-order valence-corrected chi connectivity index (χ1v) is 5.58. The van der Waals surface area contributed by atoms with Crippen molar-refractivity contribution < 1.29 is 4.74 Å². The third-order valence-corrected chi connectivity index (χ3v) is 2.37. The minimum absolute atomic E-state index is 0.0607. The molecule has 1 N–H and O–H groups in total. The predicted octanol–water partition coefficient (Wildman–Crippen LogP) is 2.64. The molecule has 0 fully saturated rings. The molecule has 0 bridgehead atoms. The molecular weight excluding hydrogens is 222 g/mol. The molecule has 0 aliphatic heterocycles. The maximum Gasteiger partial charge on any atom is 0.124 e. The SMILES string of the molecule is C#CCNCC(C)Oc1cc(Cl)ccc1C. The Morgan fingerprint density at radius 2 is 2.31 bits per heavy atom. The van der Waals surface area contributed by atoms with E-state index in [1.165, 1.54) is 0 Å². The Bertz CT molecular complexity index is 384. The predicted molar refractivity (Wildman–Crippen MR) is 68.0 cm³/mol. The summed E-state index contributed by atoms with van der Waals surface area (Å²) in [6, 6.07) is 5.62. The van der Waals surface area contributed by atoms with Crippen LogP contribution in [0.15, 0.2) is 18.2 Å². The standard InChI is InChI=1S/C13H16ClNO/c1-4-7-15-9-11(3)16-13-8-12(14)6-5-10(13)2/h1,5-6,8,11,15H,7,9H2,2-3H3. The largest absolute Gasteiger partial charge is 0.489 e. The van der Waals surface area contributed by atoms with E-state index in [4.69, 9.17) is 22.8 Å². The molecule has 0 radical (unpaired) electrons. The minimum Gasteiger partial charge on any atom is -0.489 e.